The molecule has 0 saturated heterocycles. The van der Waals surface area contributed by atoms with E-state index in [1.54, 1.807) is 12.1 Å². The number of thioether (sulfide) groups is 1. The Labute approximate surface area is 154 Å². The van der Waals surface area contributed by atoms with Crippen molar-refractivity contribution in [3.05, 3.63) is 36.5 Å². The van der Waals surface area contributed by atoms with E-state index in [1.807, 2.05) is 28.8 Å². The predicted molar refractivity (Wildman–Crippen MR) is 98.4 cm³/mol. The summed E-state index contributed by atoms with van der Waals surface area (Å²) < 4.78 is 17.7. The van der Waals surface area contributed by atoms with E-state index in [-0.39, 0.29) is 11.7 Å². The number of hydrogen-bond acceptors (Lipinski definition) is 7. The molecule has 26 heavy (non-hydrogen) atoms. The molecule has 0 saturated carbocycles. The summed E-state index contributed by atoms with van der Waals surface area (Å²) in [5.41, 5.74) is 1.29. The molecule has 1 amide bonds. The molecule has 1 aromatic carbocycles. The molecule has 0 fully saturated rings. The Kier molecular flexibility index (Phi) is 5.47. The lowest BCUT2D eigenvalue weighted by Gasteiger charge is -2.14. The lowest BCUT2D eigenvalue weighted by Crippen LogP contribution is -2.14. The Bertz CT molecular complexity index is 903. The molecule has 9 heteroatoms. The van der Waals surface area contributed by atoms with Gasteiger partial charge in [0.15, 0.2) is 22.3 Å². The van der Waals surface area contributed by atoms with Crippen LogP contribution in [0.25, 0.3) is 5.65 Å². The van der Waals surface area contributed by atoms with E-state index < -0.39 is 0 Å². The molecule has 0 unspecified atom stereocenters. The zero-order valence-electron chi connectivity index (χ0n) is 14.6. The van der Waals surface area contributed by atoms with E-state index in [1.165, 1.54) is 33.1 Å². The number of fused-ring (bicyclic) bond motifs is 1. The Morgan fingerprint density at radius 1 is 1.12 bits per heavy atom. The van der Waals surface area contributed by atoms with Gasteiger partial charge in [0.1, 0.15) is 0 Å². The van der Waals surface area contributed by atoms with Gasteiger partial charge in [-0.1, -0.05) is 17.8 Å². The fourth-order valence-corrected chi connectivity index (χ4v) is 3.12. The summed E-state index contributed by atoms with van der Waals surface area (Å²) in [7, 11) is 4.57. The molecule has 136 valence electrons. The standard InChI is InChI=1S/C17H18N4O4S/c1-23-12-8-11(9-13(24-2)16(12)25-3)18-15(22)10-26-17-20-19-14-6-4-5-7-21(14)17/h4-9H,10H2,1-3H3,(H,18,22). The molecular weight excluding hydrogens is 356 g/mol. The first-order valence-corrected chi connectivity index (χ1v) is 8.67. The number of carbonyl (C=O) groups excluding carboxylic acids is 1. The van der Waals surface area contributed by atoms with E-state index in [0.29, 0.717) is 28.1 Å². The summed E-state index contributed by atoms with van der Waals surface area (Å²) in [6, 6.07) is 8.98. The van der Waals surface area contributed by atoms with Crippen LogP contribution < -0.4 is 19.5 Å². The van der Waals surface area contributed by atoms with Crippen LogP contribution in [0.4, 0.5) is 5.69 Å². The third-order valence-corrected chi connectivity index (χ3v) is 4.51. The van der Waals surface area contributed by atoms with Crippen LogP contribution in [0.2, 0.25) is 0 Å². The van der Waals surface area contributed by atoms with Crippen LogP contribution in [0.15, 0.2) is 41.7 Å². The van der Waals surface area contributed by atoms with Crippen molar-refractivity contribution in [1.29, 1.82) is 0 Å². The number of pyridine rings is 1. The fraction of sp³-hybridized carbons (Fsp3) is 0.235. The van der Waals surface area contributed by atoms with Crippen molar-refractivity contribution in [2.75, 3.05) is 32.4 Å². The summed E-state index contributed by atoms with van der Waals surface area (Å²) in [4.78, 5) is 12.3. The Balaban J connectivity index is 1.70. The van der Waals surface area contributed by atoms with Gasteiger partial charge in [-0.25, -0.2) is 0 Å². The number of benzene rings is 1. The largest absolute Gasteiger partial charge is 0.493 e. The second-order valence-electron chi connectivity index (χ2n) is 5.16. The van der Waals surface area contributed by atoms with Crippen LogP contribution in [-0.2, 0) is 4.79 Å². The maximum atomic E-state index is 12.3. The number of amides is 1. The predicted octanol–water partition coefficient (Wildman–Crippen LogP) is 2.49. The molecule has 1 N–H and O–H groups in total. The highest BCUT2D eigenvalue weighted by atomic mass is 32.2. The van der Waals surface area contributed by atoms with Crippen LogP contribution in [-0.4, -0.2) is 47.6 Å². The normalized spacial score (nSPS) is 10.6. The minimum atomic E-state index is -0.183. The average Bonchev–Trinajstić information content (AvgIpc) is 3.08. The quantitative estimate of drug-likeness (QED) is 0.636. The molecule has 2 heterocycles. The maximum absolute atomic E-state index is 12.3. The topological polar surface area (TPSA) is 87.0 Å². The number of ether oxygens (including phenoxy) is 3. The van der Waals surface area contributed by atoms with E-state index in [2.05, 4.69) is 15.5 Å². The van der Waals surface area contributed by atoms with Gasteiger partial charge < -0.3 is 19.5 Å². The number of aromatic nitrogens is 3. The number of methoxy groups -OCH3 is 3. The minimum absolute atomic E-state index is 0.183. The van der Waals surface area contributed by atoms with Crippen LogP contribution in [0.1, 0.15) is 0 Å². The first-order chi connectivity index (χ1) is 12.7. The van der Waals surface area contributed by atoms with Gasteiger partial charge in [0.25, 0.3) is 0 Å². The van der Waals surface area contributed by atoms with Gasteiger partial charge >= 0.3 is 0 Å². The first kappa shape index (κ1) is 17.9. The average molecular weight is 374 g/mol. The highest BCUT2D eigenvalue weighted by Crippen LogP contribution is 2.39. The van der Waals surface area contributed by atoms with Crippen LogP contribution in [0, 0.1) is 0 Å². The van der Waals surface area contributed by atoms with Crippen molar-refractivity contribution in [3.8, 4) is 17.2 Å². The van der Waals surface area contributed by atoms with Crippen molar-refractivity contribution in [1.82, 2.24) is 14.6 Å². The first-order valence-electron chi connectivity index (χ1n) is 7.68. The number of nitrogens with one attached hydrogen (secondary N) is 1. The lowest BCUT2D eigenvalue weighted by atomic mass is 10.2. The molecule has 0 bridgehead atoms. The van der Waals surface area contributed by atoms with E-state index in [9.17, 15) is 4.79 Å². The van der Waals surface area contributed by atoms with Gasteiger partial charge in [0.2, 0.25) is 11.7 Å². The second-order valence-corrected chi connectivity index (χ2v) is 6.10. The number of anilines is 1. The molecular formula is C17H18N4O4S. The Morgan fingerprint density at radius 2 is 1.85 bits per heavy atom. The molecule has 0 aliphatic rings. The van der Waals surface area contributed by atoms with Crippen LogP contribution in [0.3, 0.4) is 0 Å². The molecule has 3 rings (SSSR count). The zero-order valence-corrected chi connectivity index (χ0v) is 15.4. The number of carbonyl (C=O) groups is 1. The Hall–Kier alpha value is -2.94. The number of rotatable bonds is 7. The second kappa shape index (κ2) is 7.96. The zero-order chi connectivity index (χ0) is 18.5. The number of hydrogen-bond donors (Lipinski definition) is 1. The fourth-order valence-electron chi connectivity index (χ4n) is 2.40. The monoisotopic (exact) mass is 374 g/mol. The lowest BCUT2D eigenvalue weighted by molar-refractivity contribution is -0.113. The van der Waals surface area contributed by atoms with E-state index in [0.717, 1.165) is 5.65 Å². The molecule has 8 nitrogen and oxygen atoms in total. The summed E-state index contributed by atoms with van der Waals surface area (Å²) in [6.45, 7) is 0. The van der Waals surface area contributed by atoms with Gasteiger partial charge in [-0.15, -0.1) is 10.2 Å². The highest BCUT2D eigenvalue weighted by molar-refractivity contribution is 7.99. The maximum Gasteiger partial charge on any atom is 0.234 e. The van der Waals surface area contributed by atoms with Crippen LogP contribution in [0.5, 0.6) is 17.2 Å². The molecule has 0 atom stereocenters. The van der Waals surface area contributed by atoms with Crippen molar-refractivity contribution in [2.45, 2.75) is 5.16 Å². The van der Waals surface area contributed by atoms with Crippen molar-refractivity contribution in [2.24, 2.45) is 0 Å². The SMILES string of the molecule is COc1cc(NC(=O)CSc2nnc3ccccn23)cc(OC)c1OC. The van der Waals surface area contributed by atoms with E-state index in [4.69, 9.17) is 14.2 Å². The molecule has 0 aliphatic heterocycles. The van der Waals surface area contributed by atoms with Gasteiger partial charge in [-0.05, 0) is 12.1 Å². The van der Waals surface area contributed by atoms with Gasteiger partial charge in [0, 0.05) is 24.0 Å². The summed E-state index contributed by atoms with van der Waals surface area (Å²) >= 11 is 1.30. The minimum Gasteiger partial charge on any atom is -0.493 e. The Morgan fingerprint density at radius 3 is 2.50 bits per heavy atom. The van der Waals surface area contributed by atoms with Crippen molar-refractivity contribution in [3.63, 3.8) is 0 Å². The van der Waals surface area contributed by atoms with Crippen molar-refractivity contribution < 1.29 is 19.0 Å². The third kappa shape index (κ3) is 3.67. The summed E-state index contributed by atoms with van der Waals surface area (Å²) in [5, 5.41) is 11.6. The molecule has 0 radical (unpaired) electrons. The molecule has 0 aliphatic carbocycles. The summed E-state index contributed by atoms with van der Waals surface area (Å²) in [5.74, 6) is 1.41. The van der Waals surface area contributed by atoms with Gasteiger partial charge in [-0.3, -0.25) is 9.20 Å². The molecule has 3 aromatic rings. The highest BCUT2D eigenvalue weighted by Gasteiger charge is 2.15. The molecule has 0 spiro atoms. The van der Waals surface area contributed by atoms with Gasteiger partial charge in [-0.2, -0.15) is 0 Å². The van der Waals surface area contributed by atoms with E-state index >= 15 is 0 Å². The van der Waals surface area contributed by atoms with Crippen LogP contribution >= 0.6 is 11.8 Å². The molecule has 2 aromatic heterocycles. The third-order valence-electron chi connectivity index (χ3n) is 3.56. The van der Waals surface area contributed by atoms with Crippen molar-refractivity contribution >= 4 is 29.0 Å². The van der Waals surface area contributed by atoms with Gasteiger partial charge in [0.05, 0.1) is 27.1 Å². The number of nitrogens with zero attached hydrogens (tertiary/aromatic N) is 3. The summed E-state index contributed by atoms with van der Waals surface area (Å²) in [6.07, 6.45) is 1.86. The smallest absolute Gasteiger partial charge is 0.234 e.